The van der Waals surface area contributed by atoms with E-state index in [0.29, 0.717) is 12.5 Å². The van der Waals surface area contributed by atoms with Crippen molar-refractivity contribution >= 4 is 0 Å². The maximum Gasteiger partial charge on any atom is 0.165 e. The summed E-state index contributed by atoms with van der Waals surface area (Å²) in [5.41, 5.74) is 1.20. The van der Waals surface area contributed by atoms with Gasteiger partial charge in [0, 0.05) is 31.7 Å². The second-order valence-electron chi connectivity index (χ2n) is 5.72. The lowest BCUT2D eigenvalue weighted by Crippen LogP contribution is -2.36. The van der Waals surface area contributed by atoms with E-state index < -0.39 is 0 Å². The van der Waals surface area contributed by atoms with Crippen molar-refractivity contribution in [1.29, 1.82) is 0 Å². The number of fused-ring (bicyclic) bond motifs is 1. The van der Waals surface area contributed by atoms with Crippen LogP contribution in [0, 0.1) is 5.92 Å². The van der Waals surface area contributed by atoms with Crippen LogP contribution in [-0.4, -0.2) is 42.9 Å². The summed E-state index contributed by atoms with van der Waals surface area (Å²) in [4.78, 5) is 2.41. The fourth-order valence-corrected chi connectivity index (χ4v) is 3.06. The van der Waals surface area contributed by atoms with Crippen molar-refractivity contribution in [1.82, 2.24) is 4.90 Å². The average molecular weight is 277 g/mol. The Morgan fingerprint density at radius 3 is 3.00 bits per heavy atom. The molecule has 0 radical (unpaired) electrons. The number of nitrogens with zero attached hydrogens (tertiary/aromatic N) is 1. The van der Waals surface area contributed by atoms with Crippen molar-refractivity contribution in [2.24, 2.45) is 5.92 Å². The van der Waals surface area contributed by atoms with Crippen LogP contribution in [0.1, 0.15) is 24.8 Å². The van der Waals surface area contributed by atoms with Crippen LogP contribution in [0.15, 0.2) is 18.2 Å². The van der Waals surface area contributed by atoms with E-state index >= 15 is 0 Å². The molecule has 110 valence electrons. The number of hydrogen-bond acceptors (Lipinski definition) is 4. The molecule has 2 aliphatic rings. The molecule has 1 fully saturated rings. The molecular weight excluding hydrogens is 254 g/mol. The molecule has 0 saturated carbocycles. The zero-order chi connectivity index (χ0) is 13.8. The minimum Gasteiger partial charge on any atom is -0.490 e. The van der Waals surface area contributed by atoms with Gasteiger partial charge in [0.15, 0.2) is 11.5 Å². The van der Waals surface area contributed by atoms with E-state index in [4.69, 9.17) is 9.47 Å². The first kappa shape index (κ1) is 13.7. The summed E-state index contributed by atoms with van der Waals surface area (Å²) in [5, 5.41) is 9.33. The van der Waals surface area contributed by atoms with Gasteiger partial charge in [-0.2, -0.15) is 0 Å². The quantitative estimate of drug-likeness (QED) is 0.918. The maximum absolute atomic E-state index is 9.33. The minimum atomic E-state index is 0.295. The van der Waals surface area contributed by atoms with E-state index in [0.717, 1.165) is 63.6 Å². The first-order chi connectivity index (χ1) is 9.86. The summed E-state index contributed by atoms with van der Waals surface area (Å²) in [6.45, 7) is 4.70. The fraction of sp³-hybridized carbons (Fsp3) is 0.625. The molecule has 0 aliphatic carbocycles. The summed E-state index contributed by atoms with van der Waals surface area (Å²) < 4.78 is 11.6. The van der Waals surface area contributed by atoms with Crippen molar-refractivity contribution in [3.63, 3.8) is 0 Å². The van der Waals surface area contributed by atoms with Crippen LogP contribution >= 0.6 is 0 Å². The highest BCUT2D eigenvalue weighted by molar-refractivity contribution is 5.47. The Balaban J connectivity index is 1.74. The van der Waals surface area contributed by atoms with Crippen LogP contribution in [-0.2, 0) is 6.54 Å². The van der Waals surface area contributed by atoms with E-state index in [9.17, 15) is 5.11 Å². The first-order valence-corrected chi connectivity index (χ1v) is 7.57. The number of para-hydroxylation sites is 1. The molecule has 0 bridgehead atoms. The zero-order valence-corrected chi connectivity index (χ0v) is 11.9. The highest BCUT2D eigenvalue weighted by atomic mass is 16.5. The van der Waals surface area contributed by atoms with Gasteiger partial charge in [0.2, 0.25) is 0 Å². The molecule has 1 atom stereocenters. The van der Waals surface area contributed by atoms with Crippen molar-refractivity contribution in [3.8, 4) is 11.5 Å². The monoisotopic (exact) mass is 277 g/mol. The number of aliphatic hydroxyl groups excluding tert-OH is 1. The Morgan fingerprint density at radius 1 is 1.20 bits per heavy atom. The third-order valence-electron chi connectivity index (χ3n) is 4.11. The molecule has 2 aliphatic heterocycles. The SMILES string of the molecule is OCC1CCCN(Cc2cccc3c2OCCCO3)C1. The highest BCUT2D eigenvalue weighted by Crippen LogP contribution is 2.34. The molecule has 3 rings (SSSR count). The maximum atomic E-state index is 9.33. The molecule has 1 N–H and O–H groups in total. The lowest BCUT2D eigenvalue weighted by Gasteiger charge is -2.32. The molecule has 0 spiro atoms. The van der Waals surface area contributed by atoms with E-state index in [2.05, 4.69) is 11.0 Å². The van der Waals surface area contributed by atoms with Crippen LogP contribution in [0.2, 0.25) is 0 Å². The van der Waals surface area contributed by atoms with E-state index in [1.807, 2.05) is 12.1 Å². The van der Waals surface area contributed by atoms with Crippen LogP contribution in [0.4, 0.5) is 0 Å². The molecular formula is C16H23NO3. The summed E-state index contributed by atoms with van der Waals surface area (Å²) in [7, 11) is 0. The number of benzene rings is 1. The van der Waals surface area contributed by atoms with Crippen LogP contribution in [0.5, 0.6) is 11.5 Å². The summed E-state index contributed by atoms with van der Waals surface area (Å²) >= 11 is 0. The summed E-state index contributed by atoms with van der Waals surface area (Å²) in [6.07, 6.45) is 3.24. The molecule has 2 heterocycles. The van der Waals surface area contributed by atoms with Gasteiger partial charge < -0.3 is 14.6 Å². The van der Waals surface area contributed by atoms with Crippen molar-refractivity contribution in [3.05, 3.63) is 23.8 Å². The Labute approximate surface area is 120 Å². The summed E-state index contributed by atoms with van der Waals surface area (Å²) in [5.74, 6) is 2.20. The Bertz CT molecular complexity index is 449. The second-order valence-corrected chi connectivity index (χ2v) is 5.72. The predicted molar refractivity (Wildman–Crippen MR) is 77.1 cm³/mol. The van der Waals surface area contributed by atoms with Gasteiger partial charge in [0.1, 0.15) is 0 Å². The number of piperidine rings is 1. The van der Waals surface area contributed by atoms with Gasteiger partial charge in [-0.05, 0) is 31.4 Å². The van der Waals surface area contributed by atoms with Gasteiger partial charge in [-0.3, -0.25) is 4.90 Å². The number of hydrogen-bond donors (Lipinski definition) is 1. The van der Waals surface area contributed by atoms with Crippen molar-refractivity contribution < 1.29 is 14.6 Å². The fourth-order valence-electron chi connectivity index (χ4n) is 3.06. The Morgan fingerprint density at radius 2 is 2.10 bits per heavy atom. The van der Waals surface area contributed by atoms with E-state index in [1.165, 1.54) is 5.56 Å². The van der Waals surface area contributed by atoms with Gasteiger partial charge in [0.25, 0.3) is 0 Å². The van der Waals surface area contributed by atoms with Crippen LogP contribution in [0.25, 0.3) is 0 Å². The first-order valence-electron chi connectivity index (χ1n) is 7.57. The largest absolute Gasteiger partial charge is 0.490 e. The molecule has 0 amide bonds. The van der Waals surface area contributed by atoms with Gasteiger partial charge in [-0.15, -0.1) is 0 Å². The molecule has 4 heteroatoms. The highest BCUT2D eigenvalue weighted by Gasteiger charge is 2.21. The van der Waals surface area contributed by atoms with Gasteiger partial charge in [-0.25, -0.2) is 0 Å². The van der Waals surface area contributed by atoms with Gasteiger partial charge in [0.05, 0.1) is 13.2 Å². The van der Waals surface area contributed by atoms with Gasteiger partial charge in [-0.1, -0.05) is 12.1 Å². The normalized spacial score (nSPS) is 23.4. The lowest BCUT2D eigenvalue weighted by molar-refractivity contribution is 0.115. The molecule has 1 saturated heterocycles. The van der Waals surface area contributed by atoms with Crippen LogP contribution < -0.4 is 9.47 Å². The van der Waals surface area contributed by atoms with Crippen LogP contribution in [0.3, 0.4) is 0 Å². The zero-order valence-electron chi connectivity index (χ0n) is 11.9. The molecule has 1 aromatic carbocycles. The summed E-state index contributed by atoms with van der Waals surface area (Å²) in [6, 6.07) is 6.14. The second kappa shape index (κ2) is 6.46. The van der Waals surface area contributed by atoms with E-state index in [-0.39, 0.29) is 0 Å². The molecule has 4 nitrogen and oxygen atoms in total. The third-order valence-corrected chi connectivity index (χ3v) is 4.11. The Kier molecular flexibility index (Phi) is 4.43. The van der Waals surface area contributed by atoms with Crippen molar-refractivity contribution in [2.75, 3.05) is 32.9 Å². The Hall–Kier alpha value is -1.26. The molecule has 0 aromatic heterocycles. The lowest BCUT2D eigenvalue weighted by atomic mass is 9.98. The van der Waals surface area contributed by atoms with E-state index in [1.54, 1.807) is 0 Å². The minimum absolute atomic E-state index is 0.295. The number of likely N-dealkylation sites (tertiary alicyclic amines) is 1. The topological polar surface area (TPSA) is 41.9 Å². The number of ether oxygens (including phenoxy) is 2. The molecule has 20 heavy (non-hydrogen) atoms. The molecule has 1 aromatic rings. The molecule has 1 unspecified atom stereocenters. The standard InChI is InChI=1S/C16H23NO3/c18-12-13-4-2-7-17(10-13)11-14-5-1-6-15-16(14)20-9-3-8-19-15/h1,5-6,13,18H,2-4,7-12H2. The van der Waals surface area contributed by atoms with Crippen molar-refractivity contribution in [2.45, 2.75) is 25.8 Å². The smallest absolute Gasteiger partial charge is 0.165 e. The number of aliphatic hydroxyl groups is 1. The average Bonchev–Trinajstić information content (AvgIpc) is 2.73. The van der Waals surface area contributed by atoms with Gasteiger partial charge >= 0.3 is 0 Å². The predicted octanol–water partition coefficient (Wildman–Crippen LogP) is 2.05. The number of rotatable bonds is 3. The third kappa shape index (κ3) is 3.07.